The Labute approximate surface area is 140 Å². The van der Waals surface area contributed by atoms with Gasteiger partial charge >= 0.3 is 0 Å². The average molecular weight is 322 g/mol. The number of methoxy groups -OCH3 is 1. The number of Topliss-reactive ketones (excluding diaryl/α,β-unsaturated/α-hetero) is 1. The highest BCUT2D eigenvalue weighted by Crippen LogP contribution is 2.26. The number of hydrogen-bond donors (Lipinski definition) is 0. The Balaban J connectivity index is 1.66. The Kier molecular flexibility index (Phi) is 4.71. The topological polar surface area (TPSA) is 79.1 Å². The zero-order valence-electron chi connectivity index (χ0n) is 13.5. The highest BCUT2D eigenvalue weighted by molar-refractivity contribution is 5.98. The van der Waals surface area contributed by atoms with Crippen molar-refractivity contribution in [1.29, 1.82) is 5.26 Å². The Bertz CT molecular complexity index is 759. The van der Waals surface area contributed by atoms with Crippen LogP contribution < -0.4 is 9.64 Å². The summed E-state index contributed by atoms with van der Waals surface area (Å²) in [5, 5.41) is 9.14. The van der Waals surface area contributed by atoms with E-state index < -0.39 is 0 Å². The Morgan fingerprint density at radius 2 is 1.88 bits per heavy atom. The fourth-order valence-corrected chi connectivity index (χ4v) is 2.99. The molecule has 24 heavy (non-hydrogen) atoms. The van der Waals surface area contributed by atoms with Crippen LogP contribution in [0.15, 0.2) is 36.7 Å². The van der Waals surface area contributed by atoms with E-state index in [1.807, 2.05) is 17.0 Å². The van der Waals surface area contributed by atoms with Crippen LogP contribution in [0.2, 0.25) is 0 Å². The number of carbonyl (C=O) groups excluding carboxylic acids is 1. The molecule has 0 amide bonds. The smallest absolute Gasteiger partial charge is 0.183 e. The van der Waals surface area contributed by atoms with Gasteiger partial charge in [0, 0.05) is 37.0 Å². The molecule has 1 aromatic carbocycles. The predicted molar refractivity (Wildman–Crippen MR) is 89.0 cm³/mol. The van der Waals surface area contributed by atoms with E-state index in [0.29, 0.717) is 30.2 Å². The van der Waals surface area contributed by atoms with Gasteiger partial charge < -0.3 is 9.64 Å². The van der Waals surface area contributed by atoms with Crippen molar-refractivity contribution in [3.63, 3.8) is 0 Å². The summed E-state index contributed by atoms with van der Waals surface area (Å²) in [7, 11) is 1.61. The molecule has 1 aliphatic heterocycles. The highest BCUT2D eigenvalue weighted by atomic mass is 16.5. The number of ether oxygens (including phenoxy) is 1. The molecule has 6 nitrogen and oxygen atoms in total. The molecule has 0 unspecified atom stereocenters. The molecular formula is C18H18N4O2. The van der Waals surface area contributed by atoms with Crippen LogP contribution in [0.25, 0.3) is 0 Å². The number of nitriles is 1. The van der Waals surface area contributed by atoms with Crippen molar-refractivity contribution in [2.75, 3.05) is 25.1 Å². The lowest BCUT2D eigenvalue weighted by Gasteiger charge is -2.32. The van der Waals surface area contributed by atoms with E-state index in [1.165, 1.54) is 6.20 Å². The maximum absolute atomic E-state index is 12.6. The number of carbonyl (C=O) groups is 1. The normalized spacial score (nSPS) is 14.9. The number of aromatic nitrogens is 2. The van der Waals surface area contributed by atoms with Crippen LogP contribution in [0.1, 0.15) is 28.9 Å². The van der Waals surface area contributed by atoms with Crippen LogP contribution in [0, 0.1) is 17.2 Å². The number of nitrogens with zero attached hydrogens (tertiary/aromatic N) is 4. The first-order valence-electron chi connectivity index (χ1n) is 7.87. The number of rotatable bonds is 4. The zero-order chi connectivity index (χ0) is 16.9. The van der Waals surface area contributed by atoms with Crippen LogP contribution in [0.4, 0.5) is 5.82 Å². The van der Waals surface area contributed by atoms with E-state index in [9.17, 15) is 4.79 Å². The number of ketones is 1. The van der Waals surface area contributed by atoms with Gasteiger partial charge in [0.15, 0.2) is 17.3 Å². The first-order chi connectivity index (χ1) is 11.7. The summed E-state index contributed by atoms with van der Waals surface area (Å²) in [5.41, 5.74) is 1.05. The van der Waals surface area contributed by atoms with Crippen molar-refractivity contribution in [2.45, 2.75) is 12.8 Å². The Morgan fingerprint density at radius 3 is 2.50 bits per heavy atom. The molecule has 0 spiro atoms. The van der Waals surface area contributed by atoms with Crippen LogP contribution >= 0.6 is 0 Å². The third-order valence-electron chi connectivity index (χ3n) is 4.32. The van der Waals surface area contributed by atoms with Gasteiger partial charge in [0.2, 0.25) is 0 Å². The first-order valence-corrected chi connectivity index (χ1v) is 7.87. The van der Waals surface area contributed by atoms with Crippen LogP contribution in [0.5, 0.6) is 5.75 Å². The summed E-state index contributed by atoms with van der Waals surface area (Å²) >= 11 is 0. The van der Waals surface area contributed by atoms with Crippen molar-refractivity contribution in [3.8, 4) is 11.8 Å². The maximum Gasteiger partial charge on any atom is 0.183 e. The molecule has 0 aliphatic carbocycles. The minimum absolute atomic E-state index is 0.00291. The molecule has 1 fully saturated rings. The van der Waals surface area contributed by atoms with Gasteiger partial charge in [-0.2, -0.15) is 5.26 Å². The molecule has 0 N–H and O–H groups in total. The molecule has 0 radical (unpaired) electrons. The monoisotopic (exact) mass is 322 g/mol. The van der Waals surface area contributed by atoms with Crippen molar-refractivity contribution in [2.24, 2.45) is 5.92 Å². The minimum atomic E-state index is -0.00291. The third kappa shape index (κ3) is 3.20. The van der Waals surface area contributed by atoms with Crippen molar-refractivity contribution < 1.29 is 9.53 Å². The summed E-state index contributed by atoms with van der Waals surface area (Å²) in [5.74, 6) is 1.51. The van der Waals surface area contributed by atoms with Gasteiger partial charge in [-0.3, -0.25) is 4.79 Å². The van der Waals surface area contributed by atoms with E-state index in [-0.39, 0.29) is 11.7 Å². The standard InChI is InChI=1S/C18H18N4O2/c1-24-15-4-2-13(3-5-15)17(23)14-6-10-22(11-7-14)18-16(12-19)20-8-9-21-18/h2-5,8-9,14H,6-7,10-11H2,1H3. The van der Waals surface area contributed by atoms with E-state index in [0.717, 1.165) is 18.6 Å². The Hall–Kier alpha value is -2.94. The molecule has 2 heterocycles. The quantitative estimate of drug-likeness (QED) is 0.805. The van der Waals surface area contributed by atoms with Gasteiger partial charge in [0.25, 0.3) is 0 Å². The second-order valence-corrected chi connectivity index (χ2v) is 5.69. The van der Waals surface area contributed by atoms with E-state index >= 15 is 0 Å². The fraction of sp³-hybridized carbons (Fsp3) is 0.333. The highest BCUT2D eigenvalue weighted by Gasteiger charge is 2.27. The largest absolute Gasteiger partial charge is 0.497 e. The first kappa shape index (κ1) is 15.9. The molecular weight excluding hydrogens is 304 g/mol. The second kappa shape index (κ2) is 7.09. The summed E-state index contributed by atoms with van der Waals surface area (Å²) in [6, 6.07) is 9.30. The summed E-state index contributed by atoms with van der Waals surface area (Å²) in [6.07, 6.45) is 4.59. The molecule has 1 aromatic heterocycles. The second-order valence-electron chi connectivity index (χ2n) is 5.69. The van der Waals surface area contributed by atoms with Gasteiger partial charge in [-0.1, -0.05) is 0 Å². The van der Waals surface area contributed by atoms with Crippen LogP contribution in [0.3, 0.4) is 0 Å². The molecule has 122 valence electrons. The van der Waals surface area contributed by atoms with Crippen molar-refractivity contribution in [3.05, 3.63) is 47.9 Å². The average Bonchev–Trinajstić information content (AvgIpc) is 2.67. The lowest BCUT2D eigenvalue weighted by molar-refractivity contribution is 0.0900. The minimum Gasteiger partial charge on any atom is -0.497 e. The van der Waals surface area contributed by atoms with Gasteiger partial charge in [-0.15, -0.1) is 0 Å². The zero-order valence-corrected chi connectivity index (χ0v) is 13.5. The predicted octanol–water partition coefficient (Wildman–Crippen LogP) is 2.46. The van der Waals surface area contributed by atoms with Crippen molar-refractivity contribution in [1.82, 2.24) is 9.97 Å². The Morgan fingerprint density at radius 1 is 1.21 bits per heavy atom. The molecule has 6 heteroatoms. The lowest BCUT2D eigenvalue weighted by atomic mass is 9.89. The van der Waals surface area contributed by atoms with Crippen LogP contribution in [-0.2, 0) is 0 Å². The molecule has 0 saturated carbocycles. The maximum atomic E-state index is 12.6. The summed E-state index contributed by atoms with van der Waals surface area (Å²) in [6.45, 7) is 1.39. The number of benzene rings is 1. The molecule has 3 rings (SSSR count). The molecule has 1 saturated heterocycles. The van der Waals surface area contributed by atoms with Crippen molar-refractivity contribution >= 4 is 11.6 Å². The van der Waals surface area contributed by atoms with Gasteiger partial charge in [0.1, 0.15) is 11.8 Å². The van der Waals surface area contributed by atoms with E-state index in [1.54, 1.807) is 25.4 Å². The summed E-state index contributed by atoms with van der Waals surface area (Å²) < 4.78 is 5.12. The van der Waals surface area contributed by atoms with Gasteiger partial charge in [-0.05, 0) is 37.1 Å². The number of hydrogen-bond acceptors (Lipinski definition) is 6. The number of anilines is 1. The van der Waals surface area contributed by atoms with Crippen LogP contribution in [-0.4, -0.2) is 36.0 Å². The van der Waals surface area contributed by atoms with Gasteiger partial charge in [-0.25, -0.2) is 9.97 Å². The lowest BCUT2D eigenvalue weighted by Crippen LogP contribution is -2.37. The molecule has 0 atom stereocenters. The van der Waals surface area contributed by atoms with E-state index in [2.05, 4.69) is 16.0 Å². The fourth-order valence-electron chi connectivity index (χ4n) is 2.99. The van der Waals surface area contributed by atoms with Gasteiger partial charge in [0.05, 0.1) is 7.11 Å². The number of piperidine rings is 1. The van der Waals surface area contributed by atoms with E-state index in [4.69, 9.17) is 10.00 Å². The third-order valence-corrected chi connectivity index (χ3v) is 4.32. The molecule has 2 aromatic rings. The molecule has 0 bridgehead atoms. The SMILES string of the molecule is COc1ccc(C(=O)C2CCN(c3nccnc3C#N)CC2)cc1. The summed E-state index contributed by atoms with van der Waals surface area (Å²) in [4.78, 5) is 23.0. The molecule has 1 aliphatic rings.